The first kappa shape index (κ1) is 15.4. The van der Waals surface area contributed by atoms with Gasteiger partial charge >= 0.3 is 5.97 Å². The SMILES string of the molecule is O=C(O)Cc1cccc2c(=O)cc(-c3ccc([N+](=O)[O-])cc3)oc12. The predicted molar refractivity (Wildman–Crippen MR) is 85.9 cm³/mol. The molecule has 0 aliphatic heterocycles. The Balaban J connectivity index is 2.17. The lowest BCUT2D eigenvalue weighted by Gasteiger charge is -2.06. The Morgan fingerprint density at radius 3 is 2.50 bits per heavy atom. The molecular formula is C17H11NO6. The molecule has 0 unspecified atom stereocenters. The van der Waals surface area contributed by atoms with Gasteiger partial charge in [-0.3, -0.25) is 19.7 Å². The van der Waals surface area contributed by atoms with Crippen LogP contribution < -0.4 is 5.43 Å². The average molecular weight is 325 g/mol. The Hall–Kier alpha value is -3.48. The number of nitro groups is 1. The lowest BCUT2D eigenvalue weighted by molar-refractivity contribution is -0.384. The van der Waals surface area contributed by atoms with Gasteiger partial charge < -0.3 is 9.52 Å². The van der Waals surface area contributed by atoms with Gasteiger partial charge in [-0.25, -0.2) is 0 Å². The fraction of sp³-hybridized carbons (Fsp3) is 0.0588. The van der Waals surface area contributed by atoms with Crippen molar-refractivity contribution in [2.45, 2.75) is 6.42 Å². The summed E-state index contributed by atoms with van der Waals surface area (Å²) in [6.07, 6.45) is -0.274. The number of fused-ring (bicyclic) bond motifs is 1. The number of non-ortho nitro benzene ring substituents is 1. The van der Waals surface area contributed by atoms with Crippen molar-refractivity contribution in [2.24, 2.45) is 0 Å². The van der Waals surface area contributed by atoms with E-state index >= 15 is 0 Å². The molecule has 7 heteroatoms. The number of carboxylic acid groups (broad SMARTS) is 1. The highest BCUT2D eigenvalue weighted by Gasteiger charge is 2.13. The predicted octanol–water partition coefficient (Wildman–Crippen LogP) is 3.00. The second kappa shape index (κ2) is 5.96. The molecule has 0 amide bonds. The van der Waals surface area contributed by atoms with Crippen LogP contribution in [-0.2, 0) is 11.2 Å². The highest BCUT2D eigenvalue weighted by atomic mass is 16.6. The molecule has 0 fully saturated rings. The first-order valence-corrected chi connectivity index (χ1v) is 6.98. The number of rotatable bonds is 4. The van der Waals surface area contributed by atoms with Crippen LogP contribution in [0.3, 0.4) is 0 Å². The minimum absolute atomic E-state index is 0.0755. The van der Waals surface area contributed by atoms with E-state index in [1.807, 2.05) is 0 Å². The molecule has 120 valence electrons. The van der Waals surface area contributed by atoms with Crippen LogP contribution >= 0.6 is 0 Å². The average Bonchev–Trinajstić information content (AvgIpc) is 2.55. The van der Waals surface area contributed by atoms with Gasteiger partial charge in [-0.1, -0.05) is 12.1 Å². The molecule has 0 saturated heterocycles. The molecule has 7 nitrogen and oxygen atoms in total. The van der Waals surface area contributed by atoms with E-state index in [4.69, 9.17) is 9.52 Å². The highest BCUT2D eigenvalue weighted by molar-refractivity contribution is 5.85. The summed E-state index contributed by atoms with van der Waals surface area (Å²) in [5.74, 6) is -0.814. The van der Waals surface area contributed by atoms with Gasteiger partial charge in [0.1, 0.15) is 11.3 Å². The van der Waals surface area contributed by atoms with E-state index in [0.29, 0.717) is 16.5 Å². The number of hydrogen-bond donors (Lipinski definition) is 1. The molecule has 0 saturated carbocycles. The maximum Gasteiger partial charge on any atom is 0.307 e. The molecule has 1 aromatic heterocycles. The van der Waals surface area contributed by atoms with Crippen molar-refractivity contribution in [1.82, 2.24) is 0 Å². The Morgan fingerprint density at radius 2 is 1.88 bits per heavy atom. The van der Waals surface area contributed by atoms with Gasteiger partial charge in [0.15, 0.2) is 5.43 Å². The van der Waals surface area contributed by atoms with Gasteiger partial charge in [0.05, 0.1) is 16.7 Å². The quantitative estimate of drug-likeness (QED) is 0.583. The zero-order valence-electron chi connectivity index (χ0n) is 12.3. The summed E-state index contributed by atoms with van der Waals surface area (Å²) < 4.78 is 5.73. The smallest absolute Gasteiger partial charge is 0.307 e. The monoisotopic (exact) mass is 325 g/mol. The van der Waals surface area contributed by atoms with E-state index in [-0.39, 0.29) is 28.9 Å². The van der Waals surface area contributed by atoms with Crippen molar-refractivity contribution in [3.63, 3.8) is 0 Å². The van der Waals surface area contributed by atoms with Crippen LogP contribution in [0.25, 0.3) is 22.3 Å². The van der Waals surface area contributed by atoms with E-state index in [2.05, 4.69) is 0 Å². The molecule has 1 N–H and O–H groups in total. The van der Waals surface area contributed by atoms with Gasteiger partial charge in [-0.2, -0.15) is 0 Å². The molecule has 0 aliphatic carbocycles. The third kappa shape index (κ3) is 2.87. The second-order valence-corrected chi connectivity index (χ2v) is 5.14. The zero-order valence-corrected chi connectivity index (χ0v) is 12.3. The summed E-state index contributed by atoms with van der Waals surface area (Å²) in [6.45, 7) is 0. The molecule has 24 heavy (non-hydrogen) atoms. The van der Waals surface area contributed by atoms with Crippen LogP contribution in [0.4, 0.5) is 5.69 Å². The lowest BCUT2D eigenvalue weighted by atomic mass is 10.1. The molecular weight excluding hydrogens is 314 g/mol. The van der Waals surface area contributed by atoms with Crippen molar-refractivity contribution in [2.75, 3.05) is 0 Å². The van der Waals surface area contributed by atoms with Crippen LogP contribution in [0, 0.1) is 10.1 Å². The Bertz CT molecular complexity index is 1000. The van der Waals surface area contributed by atoms with Gasteiger partial charge in [-0.05, 0) is 18.2 Å². The van der Waals surface area contributed by atoms with Crippen molar-refractivity contribution >= 4 is 22.6 Å². The standard InChI is InChI=1S/C17H11NO6/c19-14-9-15(10-4-6-12(7-5-10)18(22)23)24-17-11(8-16(20)21)2-1-3-13(14)17/h1-7,9H,8H2,(H,20,21). The third-order valence-electron chi connectivity index (χ3n) is 3.54. The summed E-state index contributed by atoms with van der Waals surface area (Å²) in [7, 11) is 0. The summed E-state index contributed by atoms with van der Waals surface area (Å²) >= 11 is 0. The zero-order chi connectivity index (χ0) is 17.3. The highest BCUT2D eigenvalue weighted by Crippen LogP contribution is 2.26. The minimum atomic E-state index is -1.04. The largest absolute Gasteiger partial charge is 0.481 e. The molecule has 0 aliphatic rings. The van der Waals surface area contributed by atoms with E-state index in [9.17, 15) is 19.7 Å². The number of hydrogen-bond acceptors (Lipinski definition) is 5. The summed E-state index contributed by atoms with van der Waals surface area (Å²) in [4.78, 5) is 33.4. The number of benzene rings is 2. The van der Waals surface area contributed by atoms with Crippen molar-refractivity contribution in [1.29, 1.82) is 0 Å². The number of nitro benzene ring substituents is 1. The van der Waals surface area contributed by atoms with E-state index in [1.54, 1.807) is 18.2 Å². The number of para-hydroxylation sites is 1. The van der Waals surface area contributed by atoms with Crippen LogP contribution in [0.15, 0.2) is 57.7 Å². The van der Waals surface area contributed by atoms with Crippen LogP contribution in [-0.4, -0.2) is 16.0 Å². The number of nitrogens with zero attached hydrogens (tertiary/aromatic N) is 1. The Labute approximate surface area is 134 Å². The van der Waals surface area contributed by atoms with Gasteiger partial charge in [-0.15, -0.1) is 0 Å². The van der Waals surface area contributed by atoms with Crippen LogP contribution in [0.5, 0.6) is 0 Å². The van der Waals surface area contributed by atoms with Crippen molar-refractivity contribution < 1.29 is 19.2 Å². The maximum absolute atomic E-state index is 12.3. The van der Waals surface area contributed by atoms with E-state index in [0.717, 1.165) is 0 Å². The fourth-order valence-corrected chi connectivity index (χ4v) is 2.43. The van der Waals surface area contributed by atoms with E-state index in [1.165, 1.54) is 30.3 Å². The van der Waals surface area contributed by atoms with Crippen molar-refractivity contribution in [3.05, 3.63) is 74.4 Å². The fourth-order valence-electron chi connectivity index (χ4n) is 2.43. The second-order valence-electron chi connectivity index (χ2n) is 5.14. The molecule has 0 bridgehead atoms. The molecule has 2 aromatic carbocycles. The van der Waals surface area contributed by atoms with Crippen LogP contribution in [0.2, 0.25) is 0 Å². The molecule has 0 radical (unpaired) electrons. The molecule has 3 aromatic rings. The molecule has 0 atom stereocenters. The summed E-state index contributed by atoms with van der Waals surface area (Å²) in [6, 6.07) is 11.6. The number of aliphatic carboxylic acids is 1. The van der Waals surface area contributed by atoms with Crippen molar-refractivity contribution in [3.8, 4) is 11.3 Å². The Morgan fingerprint density at radius 1 is 1.17 bits per heavy atom. The third-order valence-corrected chi connectivity index (χ3v) is 3.54. The van der Waals surface area contributed by atoms with Crippen LogP contribution in [0.1, 0.15) is 5.56 Å². The van der Waals surface area contributed by atoms with Gasteiger partial charge in [0, 0.05) is 29.3 Å². The Kier molecular flexibility index (Phi) is 3.83. The lowest BCUT2D eigenvalue weighted by Crippen LogP contribution is -2.05. The molecule has 0 spiro atoms. The number of carboxylic acids is 1. The van der Waals surface area contributed by atoms with Gasteiger partial charge in [0.2, 0.25) is 0 Å². The van der Waals surface area contributed by atoms with E-state index < -0.39 is 10.9 Å². The molecule has 3 rings (SSSR count). The van der Waals surface area contributed by atoms with Gasteiger partial charge in [0.25, 0.3) is 5.69 Å². The summed E-state index contributed by atoms with van der Waals surface area (Å²) in [5.41, 5.74) is 0.705. The molecule has 1 heterocycles. The number of carbonyl (C=O) groups is 1. The summed E-state index contributed by atoms with van der Waals surface area (Å²) in [5, 5.41) is 20.0. The minimum Gasteiger partial charge on any atom is -0.481 e. The topological polar surface area (TPSA) is 111 Å². The maximum atomic E-state index is 12.3. The first-order valence-electron chi connectivity index (χ1n) is 6.98. The first-order chi connectivity index (χ1) is 11.5. The normalized spacial score (nSPS) is 10.7.